The van der Waals surface area contributed by atoms with Crippen LogP contribution in [0.2, 0.25) is 0 Å². The first-order chi connectivity index (χ1) is 10.2. The lowest BCUT2D eigenvalue weighted by Crippen LogP contribution is -2.53. The van der Waals surface area contributed by atoms with Gasteiger partial charge in [-0.2, -0.15) is 13.2 Å². The molecule has 1 heterocycles. The number of aromatic nitrogens is 1. The summed E-state index contributed by atoms with van der Waals surface area (Å²) < 4.78 is 41.3. The molecule has 0 spiro atoms. The highest BCUT2D eigenvalue weighted by Gasteiger charge is 2.57. The Morgan fingerprint density at radius 3 is 2.45 bits per heavy atom. The van der Waals surface area contributed by atoms with E-state index < -0.39 is 35.3 Å². The molecule has 0 aliphatic heterocycles. The third kappa shape index (κ3) is 2.62. The first-order valence-corrected chi connectivity index (χ1v) is 6.98. The van der Waals surface area contributed by atoms with Gasteiger partial charge in [0.1, 0.15) is 5.69 Å². The van der Waals surface area contributed by atoms with E-state index in [1.54, 1.807) is 0 Å². The average molecular weight is 317 g/mol. The van der Waals surface area contributed by atoms with Gasteiger partial charge in [-0.1, -0.05) is 5.16 Å². The molecule has 8 heteroatoms. The average Bonchev–Trinajstić information content (AvgIpc) is 2.78. The second-order valence-electron chi connectivity index (χ2n) is 6.42. The normalized spacial score (nSPS) is 27.7. The maximum absolute atomic E-state index is 12.4. The van der Waals surface area contributed by atoms with Crippen LogP contribution in [-0.2, 0) is 11.0 Å². The number of ketones is 1. The molecular formula is C14H14F3NO4. The van der Waals surface area contributed by atoms with Gasteiger partial charge in [-0.3, -0.25) is 9.59 Å². The summed E-state index contributed by atoms with van der Waals surface area (Å²) >= 11 is 0. The molecule has 3 fully saturated rings. The highest BCUT2D eigenvalue weighted by Crippen LogP contribution is 2.67. The minimum absolute atomic E-state index is 0.0367. The van der Waals surface area contributed by atoms with Crippen molar-refractivity contribution in [3.8, 4) is 0 Å². The molecule has 1 N–H and O–H groups in total. The van der Waals surface area contributed by atoms with E-state index >= 15 is 0 Å². The number of carbonyl (C=O) groups excluding carboxylic acids is 1. The predicted molar refractivity (Wildman–Crippen MR) is 66.0 cm³/mol. The lowest BCUT2D eigenvalue weighted by molar-refractivity contribution is -0.155. The van der Waals surface area contributed by atoms with Crippen LogP contribution in [0.5, 0.6) is 0 Å². The summed E-state index contributed by atoms with van der Waals surface area (Å²) in [6.45, 7) is 0. The topological polar surface area (TPSA) is 80.4 Å². The highest BCUT2D eigenvalue weighted by molar-refractivity contribution is 5.96. The van der Waals surface area contributed by atoms with Crippen molar-refractivity contribution in [2.24, 2.45) is 17.3 Å². The molecule has 22 heavy (non-hydrogen) atoms. The van der Waals surface area contributed by atoms with Gasteiger partial charge in [0, 0.05) is 12.5 Å². The first-order valence-electron chi connectivity index (χ1n) is 6.98. The molecule has 3 aliphatic rings. The van der Waals surface area contributed by atoms with E-state index in [9.17, 15) is 27.9 Å². The number of aliphatic carboxylic acids is 1. The van der Waals surface area contributed by atoms with E-state index in [1.807, 2.05) is 0 Å². The number of hydrogen-bond acceptors (Lipinski definition) is 4. The van der Waals surface area contributed by atoms with E-state index in [4.69, 9.17) is 0 Å². The van der Waals surface area contributed by atoms with E-state index in [0.717, 1.165) is 19.3 Å². The van der Waals surface area contributed by atoms with E-state index in [-0.39, 0.29) is 11.8 Å². The van der Waals surface area contributed by atoms with Gasteiger partial charge in [-0.15, -0.1) is 0 Å². The summed E-state index contributed by atoms with van der Waals surface area (Å²) in [7, 11) is 0. The van der Waals surface area contributed by atoms with Crippen LogP contribution in [0.4, 0.5) is 13.2 Å². The second kappa shape index (κ2) is 4.82. The predicted octanol–water partition coefficient (Wildman–Crippen LogP) is 3.16. The molecule has 5 nitrogen and oxygen atoms in total. The molecule has 0 amide bonds. The molecular weight excluding hydrogens is 303 g/mol. The van der Waals surface area contributed by atoms with Crippen LogP contribution in [0.1, 0.15) is 48.4 Å². The molecule has 0 aromatic carbocycles. The van der Waals surface area contributed by atoms with Crippen molar-refractivity contribution in [3.05, 3.63) is 17.5 Å². The molecule has 3 aliphatic carbocycles. The fourth-order valence-electron chi connectivity index (χ4n) is 3.55. The molecule has 1 aromatic rings. The van der Waals surface area contributed by atoms with Crippen LogP contribution in [0, 0.1) is 17.3 Å². The Kier molecular flexibility index (Phi) is 3.30. The number of halogens is 3. The Morgan fingerprint density at radius 2 is 2.05 bits per heavy atom. The second-order valence-corrected chi connectivity index (χ2v) is 6.42. The van der Waals surface area contributed by atoms with E-state index in [0.29, 0.717) is 18.4 Å². The van der Waals surface area contributed by atoms with Crippen molar-refractivity contribution in [2.45, 2.75) is 38.3 Å². The maximum Gasteiger partial charge on any atom is 0.452 e. The van der Waals surface area contributed by atoms with Crippen LogP contribution in [0.15, 0.2) is 10.6 Å². The summed E-state index contributed by atoms with van der Waals surface area (Å²) in [5, 5.41) is 12.3. The zero-order valence-electron chi connectivity index (χ0n) is 11.5. The van der Waals surface area contributed by atoms with Crippen LogP contribution < -0.4 is 0 Å². The smallest absolute Gasteiger partial charge is 0.452 e. The van der Waals surface area contributed by atoms with Gasteiger partial charge >= 0.3 is 12.1 Å². The van der Waals surface area contributed by atoms with Gasteiger partial charge in [0.2, 0.25) is 5.76 Å². The molecule has 2 bridgehead atoms. The quantitative estimate of drug-likeness (QED) is 0.815. The lowest BCUT2D eigenvalue weighted by Gasteiger charge is -2.63. The number of carboxylic acid groups (broad SMARTS) is 1. The Balaban J connectivity index is 1.65. The van der Waals surface area contributed by atoms with Crippen LogP contribution >= 0.6 is 0 Å². The molecule has 3 saturated carbocycles. The summed E-state index contributed by atoms with van der Waals surface area (Å²) in [5.74, 6) is -3.40. The van der Waals surface area contributed by atoms with Crippen LogP contribution in [0.3, 0.4) is 0 Å². The molecule has 0 saturated heterocycles. The minimum Gasteiger partial charge on any atom is -0.481 e. The number of carbonyl (C=O) groups is 2. The zero-order valence-corrected chi connectivity index (χ0v) is 11.5. The number of rotatable bonds is 6. The molecule has 0 radical (unpaired) electrons. The Labute approximate surface area is 123 Å². The lowest BCUT2D eigenvalue weighted by atomic mass is 9.42. The Hall–Kier alpha value is -1.86. The number of alkyl halides is 3. The Bertz CT molecular complexity index is 605. The van der Waals surface area contributed by atoms with Crippen molar-refractivity contribution in [1.29, 1.82) is 0 Å². The van der Waals surface area contributed by atoms with Crippen molar-refractivity contribution in [1.82, 2.24) is 5.16 Å². The third-order valence-corrected chi connectivity index (χ3v) is 4.70. The van der Waals surface area contributed by atoms with E-state index in [2.05, 4.69) is 9.68 Å². The van der Waals surface area contributed by atoms with Crippen LogP contribution in [-0.4, -0.2) is 22.0 Å². The largest absolute Gasteiger partial charge is 0.481 e. The van der Waals surface area contributed by atoms with E-state index in [1.165, 1.54) is 0 Å². The molecule has 1 aromatic heterocycles. The SMILES string of the molecule is O=C(C[C@@H](CC12CC(C1)C2)C(=O)O)c1cc(C(F)(F)F)on1. The van der Waals surface area contributed by atoms with Crippen molar-refractivity contribution < 1.29 is 32.4 Å². The summed E-state index contributed by atoms with van der Waals surface area (Å²) in [5.41, 5.74) is -0.439. The van der Waals surface area contributed by atoms with Crippen molar-refractivity contribution in [2.75, 3.05) is 0 Å². The molecule has 120 valence electrons. The van der Waals surface area contributed by atoms with Gasteiger partial charge in [0.25, 0.3) is 0 Å². The molecule has 0 unspecified atom stereocenters. The Morgan fingerprint density at radius 1 is 1.41 bits per heavy atom. The zero-order chi connectivity index (χ0) is 16.1. The number of hydrogen-bond donors (Lipinski definition) is 1. The van der Waals surface area contributed by atoms with Gasteiger partial charge in [0.05, 0.1) is 5.92 Å². The van der Waals surface area contributed by atoms with Gasteiger partial charge in [-0.25, -0.2) is 0 Å². The third-order valence-electron chi connectivity index (χ3n) is 4.70. The van der Waals surface area contributed by atoms with Crippen molar-refractivity contribution >= 4 is 11.8 Å². The maximum atomic E-state index is 12.4. The minimum atomic E-state index is -4.72. The fraction of sp³-hybridized carbons (Fsp3) is 0.643. The number of nitrogens with zero attached hydrogens (tertiary/aromatic N) is 1. The summed E-state index contributed by atoms with van der Waals surface area (Å²) in [6, 6.07) is 0.516. The van der Waals surface area contributed by atoms with Crippen molar-refractivity contribution in [3.63, 3.8) is 0 Å². The van der Waals surface area contributed by atoms with Gasteiger partial charge in [0.15, 0.2) is 5.78 Å². The fourth-order valence-corrected chi connectivity index (χ4v) is 3.55. The highest BCUT2D eigenvalue weighted by atomic mass is 19.4. The number of carboxylic acids is 1. The monoisotopic (exact) mass is 317 g/mol. The number of Topliss-reactive ketones (excluding diaryl/α,β-unsaturated/α-hetero) is 1. The summed E-state index contributed by atoms with van der Waals surface area (Å²) in [6.07, 6.45) is -1.70. The summed E-state index contributed by atoms with van der Waals surface area (Å²) in [4.78, 5) is 23.2. The molecule has 1 atom stereocenters. The van der Waals surface area contributed by atoms with Gasteiger partial charge < -0.3 is 9.63 Å². The van der Waals surface area contributed by atoms with Gasteiger partial charge in [-0.05, 0) is 37.0 Å². The first kappa shape index (κ1) is 15.1. The molecule has 4 rings (SSSR count). The standard InChI is InChI=1S/C14H14F3NO4/c15-14(16,17)11-2-9(18-22-11)10(19)1-8(12(20)21)6-13-3-7(4-13)5-13/h2,7-8H,1,3-6H2,(H,20,21)/t7?,8-,13?/m0/s1. The van der Waals surface area contributed by atoms with Crippen LogP contribution in [0.25, 0.3) is 0 Å².